The van der Waals surface area contributed by atoms with Gasteiger partial charge in [0.05, 0.1) is 6.54 Å². The zero-order valence-corrected chi connectivity index (χ0v) is 13.1. The van der Waals surface area contributed by atoms with Crippen LogP contribution in [0.1, 0.15) is 24.2 Å². The lowest BCUT2D eigenvalue weighted by Gasteiger charge is -2.25. The van der Waals surface area contributed by atoms with E-state index < -0.39 is 11.7 Å². The fraction of sp³-hybridized carbons (Fsp3) is 0.278. The van der Waals surface area contributed by atoms with Crippen molar-refractivity contribution in [1.82, 2.24) is 5.32 Å². The molecule has 1 unspecified atom stereocenters. The SMILES string of the molecule is CO[C@@H](C(=O)NCC(C)(O)c1ccc(F)cc1)c1ccccc1. The van der Waals surface area contributed by atoms with Crippen LogP contribution in [-0.4, -0.2) is 24.7 Å². The van der Waals surface area contributed by atoms with Gasteiger partial charge in [0.1, 0.15) is 11.4 Å². The molecule has 4 nitrogen and oxygen atoms in total. The number of benzene rings is 2. The van der Waals surface area contributed by atoms with Gasteiger partial charge >= 0.3 is 0 Å². The van der Waals surface area contributed by atoms with Crippen molar-refractivity contribution < 1.29 is 19.0 Å². The molecule has 0 fully saturated rings. The highest BCUT2D eigenvalue weighted by Crippen LogP contribution is 2.21. The summed E-state index contributed by atoms with van der Waals surface area (Å²) in [7, 11) is 1.45. The van der Waals surface area contributed by atoms with Gasteiger partial charge in [0.2, 0.25) is 0 Å². The second-order valence-corrected chi connectivity index (χ2v) is 5.52. The molecule has 2 aromatic carbocycles. The molecule has 2 aromatic rings. The fourth-order valence-electron chi connectivity index (χ4n) is 2.29. The van der Waals surface area contributed by atoms with Crippen LogP contribution >= 0.6 is 0 Å². The molecule has 2 atom stereocenters. The molecule has 0 bridgehead atoms. The molecule has 0 heterocycles. The van der Waals surface area contributed by atoms with E-state index in [4.69, 9.17) is 4.74 Å². The monoisotopic (exact) mass is 317 g/mol. The first-order valence-electron chi connectivity index (χ1n) is 7.28. The van der Waals surface area contributed by atoms with Crippen molar-refractivity contribution in [3.63, 3.8) is 0 Å². The molecule has 122 valence electrons. The lowest BCUT2D eigenvalue weighted by Crippen LogP contribution is -2.41. The molecule has 0 aliphatic carbocycles. The summed E-state index contributed by atoms with van der Waals surface area (Å²) in [4.78, 5) is 12.3. The number of carbonyl (C=O) groups excluding carboxylic acids is 1. The number of methoxy groups -OCH3 is 1. The van der Waals surface area contributed by atoms with Gasteiger partial charge in [-0.05, 0) is 30.2 Å². The highest BCUT2D eigenvalue weighted by atomic mass is 19.1. The molecule has 1 amide bonds. The first-order chi connectivity index (χ1) is 10.9. The van der Waals surface area contributed by atoms with E-state index in [0.29, 0.717) is 5.56 Å². The smallest absolute Gasteiger partial charge is 0.253 e. The second kappa shape index (κ2) is 7.35. The Morgan fingerprint density at radius 2 is 1.83 bits per heavy atom. The highest BCUT2D eigenvalue weighted by Gasteiger charge is 2.26. The van der Waals surface area contributed by atoms with Crippen LogP contribution in [0.5, 0.6) is 0 Å². The first kappa shape index (κ1) is 17.1. The van der Waals surface area contributed by atoms with Crippen LogP contribution in [-0.2, 0) is 15.1 Å². The van der Waals surface area contributed by atoms with Crippen molar-refractivity contribution in [2.45, 2.75) is 18.6 Å². The maximum atomic E-state index is 13.0. The second-order valence-electron chi connectivity index (χ2n) is 5.52. The lowest BCUT2D eigenvalue weighted by molar-refractivity contribution is -0.132. The van der Waals surface area contributed by atoms with Crippen molar-refractivity contribution >= 4 is 5.91 Å². The van der Waals surface area contributed by atoms with Crippen molar-refractivity contribution in [1.29, 1.82) is 0 Å². The summed E-state index contributed by atoms with van der Waals surface area (Å²) >= 11 is 0. The van der Waals surface area contributed by atoms with Crippen LogP contribution in [0.2, 0.25) is 0 Å². The molecule has 0 spiro atoms. The third kappa shape index (κ3) is 4.37. The van der Waals surface area contributed by atoms with E-state index in [1.807, 2.05) is 18.2 Å². The number of hydrogen-bond acceptors (Lipinski definition) is 3. The summed E-state index contributed by atoms with van der Waals surface area (Å²) < 4.78 is 18.2. The van der Waals surface area contributed by atoms with Crippen LogP contribution < -0.4 is 5.32 Å². The lowest BCUT2D eigenvalue weighted by atomic mass is 9.96. The van der Waals surface area contributed by atoms with Crippen LogP contribution in [0.25, 0.3) is 0 Å². The molecule has 0 aromatic heterocycles. The third-order valence-corrected chi connectivity index (χ3v) is 3.65. The number of halogens is 1. The molecule has 0 saturated heterocycles. The van der Waals surface area contributed by atoms with Gasteiger partial charge in [-0.1, -0.05) is 42.5 Å². The number of ether oxygens (including phenoxy) is 1. The maximum Gasteiger partial charge on any atom is 0.253 e. The molecule has 23 heavy (non-hydrogen) atoms. The molecule has 0 aliphatic heterocycles. The average molecular weight is 317 g/mol. The maximum absolute atomic E-state index is 13.0. The van der Waals surface area contributed by atoms with E-state index in [1.165, 1.54) is 31.4 Å². The summed E-state index contributed by atoms with van der Waals surface area (Å²) in [5.74, 6) is -0.724. The molecule has 2 N–H and O–H groups in total. The van der Waals surface area contributed by atoms with E-state index in [0.717, 1.165) is 5.56 Å². The summed E-state index contributed by atoms with van der Waals surface area (Å²) in [5, 5.41) is 13.2. The molecule has 0 radical (unpaired) electrons. The Bertz CT molecular complexity index is 641. The van der Waals surface area contributed by atoms with Crippen LogP contribution in [0, 0.1) is 5.82 Å². The predicted molar refractivity (Wildman–Crippen MR) is 85.2 cm³/mol. The molecular weight excluding hydrogens is 297 g/mol. The van der Waals surface area contributed by atoms with E-state index in [2.05, 4.69) is 5.32 Å². The molecule has 0 aliphatic rings. The average Bonchev–Trinajstić information content (AvgIpc) is 2.55. The van der Waals surface area contributed by atoms with Gasteiger partial charge in [-0.25, -0.2) is 4.39 Å². The topological polar surface area (TPSA) is 58.6 Å². The largest absolute Gasteiger partial charge is 0.384 e. The molecule has 2 rings (SSSR count). The standard InChI is InChI=1S/C18H20FNO3/c1-18(22,14-8-10-15(19)11-9-14)12-20-17(21)16(23-2)13-6-4-3-5-7-13/h3-11,16,22H,12H2,1-2H3,(H,20,21)/t16-,18?/m1/s1. The van der Waals surface area contributed by atoms with Crippen molar-refractivity contribution in [3.8, 4) is 0 Å². The third-order valence-electron chi connectivity index (χ3n) is 3.65. The molecular formula is C18H20FNO3. The molecule has 5 heteroatoms. The van der Waals surface area contributed by atoms with Gasteiger partial charge in [-0.3, -0.25) is 4.79 Å². The summed E-state index contributed by atoms with van der Waals surface area (Å²) in [5.41, 5.74) is -0.0555. The minimum Gasteiger partial charge on any atom is -0.384 e. The minimum absolute atomic E-state index is 0.00976. The quantitative estimate of drug-likeness (QED) is 0.861. The Labute approximate surface area is 134 Å². The van der Waals surface area contributed by atoms with Crippen LogP contribution in [0.15, 0.2) is 54.6 Å². The Morgan fingerprint density at radius 3 is 2.39 bits per heavy atom. The molecule has 0 saturated carbocycles. The Hall–Kier alpha value is -2.24. The number of amides is 1. The van der Waals surface area contributed by atoms with E-state index in [-0.39, 0.29) is 18.3 Å². The number of carbonyl (C=O) groups is 1. The predicted octanol–water partition coefficient (Wildman–Crippen LogP) is 2.54. The minimum atomic E-state index is -1.31. The van der Waals surface area contributed by atoms with Gasteiger partial charge in [-0.2, -0.15) is 0 Å². The van der Waals surface area contributed by atoms with E-state index in [1.54, 1.807) is 19.1 Å². The zero-order chi connectivity index (χ0) is 16.9. The van der Waals surface area contributed by atoms with Gasteiger partial charge in [0.25, 0.3) is 5.91 Å². The van der Waals surface area contributed by atoms with E-state index in [9.17, 15) is 14.3 Å². The number of hydrogen-bond donors (Lipinski definition) is 2. The van der Waals surface area contributed by atoms with Gasteiger partial charge < -0.3 is 15.2 Å². The highest BCUT2D eigenvalue weighted by molar-refractivity contribution is 5.82. The van der Waals surface area contributed by atoms with Crippen molar-refractivity contribution in [2.24, 2.45) is 0 Å². The Balaban J connectivity index is 2.03. The fourth-order valence-corrected chi connectivity index (χ4v) is 2.29. The summed E-state index contributed by atoms with van der Waals surface area (Å²) in [6.45, 7) is 1.55. The van der Waals surface area contributed by atoms with E-state index >= 15 is 0 Å². The van der Waals surface area contributed by atoms with Crippen LogP contribution in [0.3, 0.4) is 0 Å². The Kier molecular flexibility index (Phi) is 5.47. The summed E-state index contributed by atoms with van der Waals surface area (Å²) in [6.07, 6.45) is -0.750. The first-order valence-corrected chi connectivity index (χ1v) is 7.28. The number of nitrogens with one attached hydrogen (secondary N) is 1. The van der Waals surface area contributed by atoms with Gasteiger partial charge in [0.15, 0.2) is 6.10 Å². The van der Waals surface area contributed by atoms with Crippen LogP contribution in [0.4, 0.5) is 4.39 Å². The number of rotatable bonds is 6. The number of aliphatic hydroxyl groups is 1. The van der Waals surface area contributed by atoms with Gasteiger partial charge in [0, 0.05) is 7.11 Å². The van der Waals surface area contributed by atoms with Crippen molar-refractivity contribution in [3.05, 3.63) is 71.5 Å². The van der Waals surface area contributed by atoms with Crippen molar-refractivity contribution in [2.75, 3.05) is 13.7 Å². The van der Waals surface area contributed by atoms with Gasteiger partial charge in [-0.15, -0.1) is 0 Å². The Morgan fingerprint density at radius 1 is 1.22 bits per heavy atom. The zero-order valence-electron chi connectivity index (χ0n) is 13.1. The normalized spacial score (nSPS) is 14.8. The summed E-state index contributed by atoms with van der Waals surface area (Å²) in [6, 6.07) is 14.6.